The number of halogens is 4. The monoisotopic (exact) mass is 448 g/mol. The number of likely N-dealkylation sites (tertiary alicyclic amines) is 1. The summed E-state index contributed by atoms with van der Waals surface area (Å²) in [5.74, 6) is -0.401. The number of aliphatic hydroxyl groups excluding tert-OH is 1. The summed E-state index contributed by atoms with van der Waals surface area (Å²) in [5.41, 5.74) is -0.555. The Bertz CT molecular complexity index is 1010. The number of nitriles is 1. The van der Waals surface area contributed by atoms with Gasteiger partial charge in [0, 0.05) is 49.6 Å². The van der Waals surface area contributed by atoms with Crippen LogP contribution in [0.5, 0.6) is 0 Å². The number of aliphatic hydroxyl groups is 1. The van der Waals surface area contributed by atoms with E-state index in [0.717, 1.165) is 18.9 Å². The number of hydrogen-bond acceptors (Lipinski definition) is 5. The summed E-state index contributed by atoms with van der Waals surface area (Å²) < 4.78 is 54.1. The molecule has 1 aromatic carbocycles. The lowest BCUT2D eigenvalue weighted by atomic mass is 9.71. The second-order valence-corrected chi connectivity index (χ2v) is 8.71. The molecule has 0 aliphatic carbocycles. The third-order valence-electron chi connectivity index (χ3n) is 6.93. The Morgan fingerprint density at radius 3 is 2.59 bits per heavy atom. The van der Waals surface area contributed by atoms with E-state index in [1.54, 1.807) is 24.4 Å². The minimum Gasteiger partial charge on any atom is -0.396 e. The van der Waals surface area contributed by atoms with E-state index in [-0.39, 0.29) is 23.8 Å². The molecule has 1 unspecified atom stereocenters. The van der Waals surface area contributed by atoms with Crippen molar-refractivity contribution in [1.82, 2.24) is 9.88 Å². The van der Waals surface area contributed by atoms with Crippen molar-refractivity contribution in [3.05, 3.63) is 59.2 Å². The van der Waals surface area contributed by atoms with Crippen LogP contribution >= 0.6 is 0 Å². The molecule has 9 heteroatoms. The van der Waals surface area contributed by atoms with Gasteiger partial charge in [-0.3, -0.25) is 9.88 Å². The zero-order valence-electron chi connectivity index (χ0n) is 17.4. The van der Waals surface area contributed by atoms with Crippen molar-refractivity contribution in [3.8, 4) is 6.07 Å². The van der Waals surface area contributed by atoms with Crippen LogP contribution in [0.4, 0.5) is 23.2 Å². The number of pyridine rings is 1. The fraction of sp³-hybridized carbons (Fsp3) is 0.478. The van der Waals surface area contributed by atoms with Crippen LogP contribution in [0.1, 0.15) is 29.5 Å². The predicted octanol–water partition coefficient (Wildman–Crippen LogP) is 3.82. The van der Waals surface area contributed by atoms with E-state index >= 15 is 0 Å². The molecule has 1 aromatic heterocycles. The molecule has 1 atom stereocenters. The van der Waals surface area contributed by atoms with Gasteiger partial charge in [-0.2, -0.15) is 18.4 Å². The first-order valence-corrected chi connectivity index (χ1v) is 10.5. The van der Waals surface area contributed by atoms with E-state index in [4.69, 9.17) is 5.26 Å². The summed E-state index contributed by atoms with van der Waals surface area (Å²) in [6, 6.07) is 7.06. The van der Waals surface area contributed by atoms with Gasteiger partial charge in [-0.05, 0) is 55.6 Å². The molecule has 2 saturated heterocycles. The Kier molecular flexibility index (Phi) is 6.10. The molecule has 5 nitrogen and oxygen atoms in total. The van der Waals surface area contributed by atoms with Crippen LogP contribution < -0.4 is 4.90 Å². The molecule has 0 saturated carbocycles. The molecular formula is C23H24F4N4O. The Morgan fingerprint density at radius 1 is 1.22 bits per heavy atom. The summed E-state index contributed by atoms with van der Waals surface area (Å²) in [6.07, 6.45) is -0.312. The van der Waals surface area contributed by atoms with Gasteiger partial charge in [0.05, 0.1) is 23.4 Å². The van der Waals surface area contributed by atoms with Gasteiger partial charge in [-0.1, -0.05) is 0 Å². The molecule has 170 valence electrons. The third kappa shape index (κ3) is 4.30. The van der Waals surface area contributed by atoms with Crippen LogP contribution in [0.3, 0.4) is 0 Å². The maximum absolute atomic E-state index is 13.9. The van der Waals surface area contributed by atoms with Crippen molar-refractivity contribution >= 4 is 5.69 Å². The predicted molar refractivity (Wildman–Crippen MR) is 110 cm³/mol. The van der Waals surface area contributed by atoms with Gasteiger partial charge in [0.25, 0.3) is 0 Å². The van der Waals surface area contributed by atoms with Gasteiger partial charge in [0.2, 0.25) is 0 Å². The lowest BCUT2D eigenvalue weighted by Gasteiger charge is -2.42. The zero-order chi connectivity index (χ0) is 22.9. The van der Waals surface area contributed by atoms with Gasteiger partial charge in [-0.15, -0.1) is 0 Å². The minimum atomic E-state index is -4.61. The molecule has 1 N–H and O–H groups in total. The number of hydrogen-bond donors (Lipinski definition) is 1. The summed E-state index contributed by atoms with van der Waals surface area (Å²) in [4.78, 5) is 7.81. The first-order chi connectivity index (χ1) is 15.3. The van der Waals surface area contributed by atoms with Crippen molar-refractivity contribution in [2.45, 2.75) is 25.6 Å². The molecule has 2 fully saturated rings. The maximum atomic E-state index is 13.9. The maximum Gasteiger partial charge on any atom is 0.417 e. The van der Waals surface area contributed by atoms with Crippen LogP contribution in [-0.4, -0.2) is 47.8 Å². The highest BCUT2D eigenvalue weighted by Gasteiger charge is 2.48. The summed E-state index contributed by atoms with van der Waals surface area (Å²) in [7, 11) is 0. The summed E-state index contributed by atoms with van der Waals surface area (Å²) in [6.45, 7) is 2.86. The Hall–Kier alpha value is -2.70. The lowest BCUT2D eigenvalue weighted by molar-refractivity contribution is -0.137. The number of rotatable bonds is 4. The van der Waals surface area contributed by atoms with Crippen molar-refractivity contribution in [2.24, 2.45) is 11.3 Å². The highest BCUT2D eigenvalue weighted by molar-refractivity contribution is 5.56. The first-order valence-electron chi connectivity index (χ1n) is 10.5. The van der Waals surface area contributed by atoms with Crippen LogP contribution in [0.25, 0.3) is 0 Å². The van der Waals surface area contributed by atoms with E-state index in [1.165, 1.54) is 12.3 Å². The Morgan fingerprint density at radius 2 is 1.97 bits per heavy atom. The van der Waals surface area contributed by atoms with Crippen LogP contribution in [-0.2, 0) is 12.7 Å². The minimum absolute atomic E-state index is 0.0438. The molecule has 1 spiro atoms. The van der Waals surface area contributed by atoms with E-state index in [9.17, 15) is 22.7 Å². The molecule has 0 radical (unpaired) electrons. The Balaban J connectivity index is 1.49. The van der Waals surface area contributed by atoms with Crippen molar-refractivity contribution in [2.75, 3.05) is 37.7 Å². The van der Waals surface area contributed by atoms with E-state index < -0.39 is 17.3 Å². The van der Waals surface area contributed by atoms with Gasteiger partial charge >= 0.3 is 6.18 Å². The van der Waals surface area contributed by atoms with Gasteiger partial charge < -0.3 is 10.0 Å². The average Bonchev–Trinajstić information content (AvgIpc) is 3.14. The lowest BCUT2D eigenvalue weighted by Crippen LogP contribution is -2.44. The average molecular weight is 448 g/mol. The third-order valence-corrected chi connectivity index (χ3v) is 6.93. The molecule has 2 aliphatic heterocycles. The normalized spacial score (nSPS) is 21.1. The van der Waals surface area contributed by atoms with E-state index in [2.05, 4.69) is 9.88 Å². The fourth-order valence-corrected chi connectivity index (χ4v) is 5.04. The number of piperidine rings is 1. The highest BCUT2D eigenvalue weighted by Crippen LogP contribution is 2.46. The number of anilines is 1. The Labute approximate surface area is 183 Å². The highest BCUT2D eigenvalue weighted by atomic mass is 19.4. The molecule has 2 aromatic rings. The van der Waals surface area contributed by atoms with Gasteiger partial charge in [-0.25, -0.2) is 4.39 Å². The first kappa shape index (κ1) is 22.5. The molecular weight excluding hydrogens is 424 g/mol. The van der Waals surface area contributed by atoms with Crippen LogP contribution in [0, 0.1) is 28.5 Å². The SMILES string of the molecule is N#Cc1ccc(N2CC(CO)C3(CCN(Cc4ccncc4F)CC3)C2)cc1C(F)(F)F. The summed E-state index contributed by atoms with van der Waals surface area (Å²) >= 11 is 0. The van der Waals surface area contributed by atoms with E-state index in [1.807, 2.05) is 4.90 Å². The largest absolute Gasteiger partial charge is 0.417 e. The molecule has 4 rings (SSSR count). The van der Waals surface area contributed by atoms with Crippen LogP contribution in [0.15, 0.2) is 36.7 Å². The number of benzene rings is 1. The smallest absolute Gasteiger partial charge is 0.396 e. The van der Waals surface area contributed by atoms with Crippen molar-refractivity contribution in [1.29, 1.82) is 5.26 Å². The van der Waals surface area contributed by atoms with Gasteiger partial charge in [0.15, 0.2) is 0 Å². The number of alkyl halides is 3. The zero-order valence-corrected chi connectivity index (χ0v) is 17.4. The van der Waals surface area contributed by atoms with Crippen LogP contribution in [0.2, 0.25) is 0 Å². The second kappa shape index (κ2) is 8.68. The van der Waals surface area contributed by atoms with E-state index in [0.29, 0.717) is 44.0 Å². The molecule has 0 bridgehead atoms. The molecule has 2 aliphatic rings. The molecule has 32 heavy (non-hydrogen) atoms. The second-order valence-electron chi connectivity index (χ2n) is 8.71. The van der Waals surface area contributed by atoms with Crippen molar-refractivity contribution in [3.63, 3.8) is 0 Å². The quantitative estimate of drug-likeness (QED) is 0.721. The standard InChI is InChI=1S/C23H24F4N4O/c24-21-11-29-6-3-17(21)12-30-7-4-22(5-8-30)15-31(13-18(22)14-32)19-2-1-16(10-28)20(9-19)23(25,26)27/h1-3,6,9,11,18,32H,4-5,7-8,12-15H2. The number of nitrogens with zero attached hydrogens (tertiary/aromatic N) is 4. The van der Waals surface area contributed by atoms with Gasteiger partial charge in [0.1, 0.15) is 5.82 Å². The summed E-state index contributed by atoms with van der Waals surface area (Å²) in [5, 5.41) is 19.1. The fourth-order valence-electron chi connectivity index (χ4n) is 5.04. The number of aromatic nitrogens is 1. The molecule has 3 heterocycles. The molecule has 0 amide bonds. The van der Waals surface area contributed by atoms with Crippen molar-refractivity contribution < 1.29 is 22.7 Å². The topological polar surface area (TPSA) is 63.4 Å².